The van der Waals surface area contributed by atoms with Crippen LogP contribution in [0, 0.1) is 0 Å². The zero-order valence-electron chi connectivity index (χ0n) is 13.8. The number of halogens is 1. The first-order chi connectivity index (χ1) is 11.5. The summed E-state index contributed by atoms with van der Waals surface area (Å²) in [6.07, 6.45) is 1.48. The van der Waals surface area contributed by atoms with Crippen molar-refractivity contribution in [2.75, 3.05) is 32.1 Å². The smallest absolute Gasteiger partial charge is 0.223 e. The van der Waals surface area contributed by atoms with E-state index in [0.29, 0.717) is 37.8 Å². The Morgan fingerprint density at radius 3 is 2.64 bits per heavy atom. The third kappa shape index (κ3) is 4.77. The molecule has 0 aliphatic carbocycles. The molecule has 2 aliphatic heterocycles. The normalized spacial score (nSPS) is 19.9. The molecule has 0 saturated carbocycles. The second-order valence-corrected chi connectivity index (χ2v) is 8.23. The second-order valence-electron chi connectivity index (χ2n) is 6.12. The van der Waals surface area contributed by atoms with Gasteiger partial charge >= 0.3 is 0 Å². The van der Waals surface area contributed by atoms with Gasteiger partial charge in [0.2, 0.25) is 5.91 Å². The number of sulfone groups is 1. The Morgan fingerprint density at radius 2 is 1.96 bits per heavy atom. The van der Waals surface area contributed by atoms with Gasteiger partial charge in [-0.3, -0.25) is 4.79 Å². The predicted octanol–water partition coefficient (Wildman–Crippen LogP) is 0.993. The molecule has 25 heavy (non-hydrogen) atoms. The number of amides is 1. The van der Waals surface area contributed by atoms with Crippen LogP contribution >= 0.6 is 12.4 Å². The maximum Gasteiger partial charge on any atom is 0.223 e. The minimum absolute atomic E-state index is 0. The second kappa shape index (κ2) is 8.25. The van der Waals surface area contributed by atoms with Crippen LogP contribution < -0.4 is 15.2 Å². The SMILES string of the molecule is Cl.NC1CCN(C(=O)CCS(=O)(=O)c2ccc3c(c2)OCCCO3)C1. The molecule has 0 spiro atoms. The van der Waals surface area contributed by atoms with E-state index in [9.17, 15) is 13.2 Å². The molecule has 9 heteroatoms. The van der Waals surface area contributed by atoms with Crippen LogP contribution in [0.4, 0.5) is 0 Å². The quantitative estimate of drug-likeness (QED) is 0.823. The van der Waals surface area contributed by atoms with E-state index in [1.165, 1.54) is 12.1 Å². The summed E-state index contributed by atoms with van der Waals surface area (Å²) < 4.78 is 36.0. The van der Waals surface area contributed by atoms with Crippen LogP contribution in [0.3, 0.4) is 0 Å². The van der Waals surface area contributed by atoms with E-state index in [0.717, 1.165) is 12.8 Å². The molecule has 2 N–H and O–H groups in total. The monoisotopic (exact) mass is 390 g/mol. The maximum atomic E-state index is 12.5. The van der Waals surface area contributed by atoms with E-state index in [4.69, 9.17) is 15.2 Å². The van der Waals surface area contributed by atoms with Gasteiger partial charge in [-0.15, -0.1) is 12.4 Å². The van der Waals surface area contributed by atoms with E-state index in [1.807, 2.05) is 0 Å². The van der Waals surface area contributed by atoms with Crippen molar-refractivity contribution in [3.8, 4) is 11.5 Å². The molecule has 2 heterocycles. The molecule has 0 bridgehead atoms. The van der Waals surface area contributed by atoms with Crippen molar-refractivity contribution in [3.05, 3.63) is 18.2 Å². The molecule has 7 nitrogen and oxygen atoms in total. The fourth-order valence-corrected chi connectivity index (χ4v) is 4.09. The molecule has 1 fully saturated rings. The summed E-state index contributed by atoms with van der Waals surface area (Å²) in [4.78, 5) is 13.9. The van der Waals surface area contributed by atoms with Crippen molar-refractivity contribution in [2.45, 2.75) is 30.2 Å². The zero-order chi connectivity index (χ0) is 17.2. The van der Waals surface area contributed by atoms with Crippen LogP contribution in [-0.4, -0.2) is 57.3 Å². The first-order valence-corrected chi connectivity index (χ1v) is 9.77. The predicted molar refractivity (Wildman–Crippen MR) is 95.1 cm³/mol. The van der Waals surface area contributed by atoms with Gasteiger partial charge in [0.05, 0.1) is 23.9 Å². The zero-order valence-corrected chi connectivity index (χ0v) is 15.5. The lowest BCUT2D eigenvalue weighted by molar-refractivity contribution is -0.129. The molecule has 0 aromatic heterocycles. The highest BCUT2D eigenvalue weighted by Crippen LogP contribution is 2.32. The van der Waals surface area contributed by atoms with Gasteiger partial charge in [-0.25, -0.2) is 8.42 Å². The lowest BCUT2D eigenvalue weighted by atomic mass is 10.3. The molecule has 1 unspecified atom stereocenters. The van der Waals surface area contributed by atoms with Crippen LogP contribution in [-0.2, 0) is 14.6 Å². The van der Waals surface area contributed by atoms with Crippen LogP contribution in [0.2, 0.25) is 0 Å². The van der Waals surface area contributed by atoms with Gasteiger partial charge in [-0.2, -0.15) is 0 Å². The Kier molecular flexibility index (Phi) is 6.53. The summed E-state index contributed by atoms with van der Waals surface area (Å²) in [6.45, 7) is 2.14. The molecular formula is C16H23ClN2O5S. The van der Waals surface area contributed by atoms with E-state index in [-0.39, 0.29) is 41.4 Å². The average molecular weight is 391 g/mol. The minimum atomic E-state index is -3.56. The van der Waals surface area contributed by atoms with Crippen molar-refractivity contribution in [1.29, 1.82) is 0 Å². The molecule has 3 rings (SSSR count). The van der Waals surface area contributed by atoms with Crippen LogP contribution in [0.25, 0.3) is 0 Å². The van der Waals surface area contributed by atoms with E-state index >= 15 is 0 Å². The van der Waals surface area contributed by atoms with Crippen molar-refractivity contribution < 1.29 is 22.7 Å². The highest BCUT2D eigenvalue weighted by Gasteiger charge is 2.26. The molecule has 0 radical (unpaired) electrons. The number of benzene rings is 1. The number of hydrogen-bond acceptors (Lipinski definition) is 6. The molecule has 1 amide bonds. The Labute approximate surface area is 153 Å². The summed E-state index contributed by atoms with van der Waals surface area (Å²) in [6, 6.07) is 4.58. The number of carbonyl (C=O) groups excluding carboxylic acids is 1. The Morgan fingerprint density at radius 1 is 1.24 bits per heavy atom. The number of fused-ring (bicyclic) bond motifs is 1. The minimum Gasteiger partial charge on any atom is -0.490 e. The Hall–Kier alpha value is -1.51. The molecule has 1 atom stereocenters. The number of hydrogen-bond donors (Lipinski definition) is 1. The number of rotatable bonds is 4. The number of carbonyl (C=O) groups is 1. The topological polar surface area (TPSA) is 98.9 Å². The number of likely N-dealkylation sites (tertiary alicyclic amines) is 1. The maximum absolute atomic E-state index is 12.5. The Balaban J connectivity index is 0.00000225. The van der Waals surface area contributed by atoms with Crippen molar-refractivity contribution in [2.24, 2.45) is 5.73 Å². The van der Waals surface area contributed by atoms with Crippen molar-refractivity contribution >= 4 is 28.2 Å². The molecule has 2 aliphatic rings. The summed E-state index contributed by atoms with van der Waals surface area (Å²) >= 11 is 0. The largest absolute Gasteiger partial charge is 0.490 e. The van der Waals surface area contributed by atoms with Crippen molar-refractivity contribution in [3.63, 3.8) is 0 Å². The van der Waals surface area contributed by atoms with Crippen LogP contribution in [0.1, 0.15) is 19.3 Å². The summed E-state index contributed by atoms with van der Waals surface area (Å²) in [5.74, 6) is 0.594. The average Bonchev–Trinajstić information content (AvgIpc) is 2.86. The molecule has 1 aromatic carbocycles. The van der Waals surface area contributed by atoms with E-state index in [2.05, 4.69) is 0 Å². The van der Waals surface area contributed by atoms with E-state index < -0.39 is 9.84 Å². The van der Waals surface area contributed by atoms with Gasteiger partial charge in [-0.1, -0.05) is 0 Å². The van der Waals surface area contributed by atoms with Crippen LogP contribution in [0.15, 0.2) is 23.1 Å². The Bertz CT molecular complexity index is 725. The number of ether oxygens (including phenoxy) is 2. The molecule has 1 saturated heterocycles. The lowest BCUT2D eigenvalue weighted by Gasteiger charge is -2.16. The van der Waals surface area contributed by atoms with Gasteiger partial charge in [0.1, 0.15) is 0 Å². The fraction of sp³-hybridized carbons (Fsp3) is 0.562. The molecule has 1 aromatic rings. The van der Waals surface area contributed by atoms with Gasteiger partial charge < -0.3 is 20.1 Å². The first kappa shape index (κ1) is 19.8. The van der Waals surface area contributed by atoms with Crippen molar-refractivity contribution in [1.82, 2.24) is 4.90 Å². The third-order valence-corrected chi connectivity index (χ3v) is 5.95. The number of nitrogens with two attached hydrogens (primary N) is 1. The van der Waals surface area contributed by atoms with Crippen LogP contribution in [0.5, 0.6) is 11.5 Å². The molecular weight excluding hydrogens is 368 g/mol. The summed E-state index contributed by atoms with van der Waals surface area (Å²) in [5.41, 5.74) is 5.78. The summed E-state index contributed by atoms with van der Waals surface area (Å²) in [5, 5.41) is 0. The van der Waals surface area contributed by atoms with Gasteiger partial charge in [-0.05, 0) is 18.6 Å². The van der Waals surface area contributed by atoms with Gasteiger partial charge in [0, 0.05) is 38.0 Å². The highest BCUT2D eigenvalue weighted by atomic mass is 35.5. The highest BCUT2D eigenvalue weighted by molar-refractivity contribution is 7.91. The third-order valence-electron chi connectivity index (χ3n) is 4.24. The van der Waals surface area contributed by atoms with E-state index in [1.54, 1.807) is 11.0 Å². The summed E-state index contributed by atoms with van der Waals surface area (Å²) in [7, 11) is -3.56. The molecule has 140 valence electrons. The lowest BCUT2D eigenvalue weighted by Crippen LogP contribution is -2.32. The van der Waals surface area contributed by atoms with Gasteiger partial charge in [0.25, 0.3) is 0 Å². The fourth-order valence-electron chi connectivity index (χ4n) is 2.85. The number of nitrogens with zero attached hydrogens (tertiary/aromatic N) is 1. The standard InChI is InChI=1S/C16H22N2O5S.ClH/c17-12-4-6-18(11-12)16(19)5-9-24(20,21)13-2-3-14-15(10-13)23-8-1-7-22-14;/h2-3,10,12H,1,4-9,11,17H2;1H. The first-order valence-electron chi connectivity index (χ1n) is 8.11. The van der Waals surface area contributed by atoms with Gasteiger partial charge in [0.15, 0.2) is 21.3 Å².